The maximum absolute atomic E-state index is 12.2. The zero-order chi connectivity index (χ0) is 14.5. The van der Waals surface area contributed by atoms with Gasteiger partial charge in [-0.2, -0.15) is 0 Å². The van der Waals surface area contributed by atoms with Gasteiger partial charge in [0.1, 0.15) is 5.75 Å². The van der Waals surface area contributed by atoms with Crippen LogP contribution in [0.2, 0.25) is 0 Å². The van der Waals surface area contributed by atoms with E-state index in [1.807, 2.05) is 17.0 Å². The first-order chi connectivity index (χ1) is 9.60. The highest BCUT2D eigenvalue weighted by Gasteiger charge is 2.26. The summed E-state index contributed by atoms with van der Waals surface area (Å²) in [7, 11) is 2.11. The van der Waals surface area contributed by atoms with Crippen LogP contribution in [0.3, 0.4) is 0 Å². The molecule has 0 radical (unpaired) electrons. The Morgan fingerprint density at radius 3 is 2.95 bits per heavy atom. The zero-order valence-electron chi connectivity index (χ0n) is 12.2. The second kappa shape index (κ2) is 6.61. The Kier molecular flexibility index (Phi) is 4.84. The minimum Gasteiger partial charge on any atom is -0.484 e. The van der Waals surface area contributed by atoms with Gasteiger partial charge in [-0.25, -0.2) is 0 Å². The van der Waals surface area contributed by atoms with Crippen molar-refractivity contribution >= 4 is 11.6 Å². The minimum atomic E-state index is 0.0407. The molecule has 1 unspecified atom stereocenters. The molecule has 1 aromatic carbocycles. The highest BCUT2D eigenvalue weighted by Crippen LogP contribution is 2.15. The van der Waals surface area contributed by atoms with Gasteiger partial charge in [0.15, 0.2) is 6.61 Å². The van der Waals surface area contributed by atoms with Gasteiger partial charge in [-0.05, 0) is 25.6 Å². The Bertz CT molecular complexity index is 464. The molecule has 0 aromatic heterocycles. The molecule has 1 heterocycles. The molecule has 0 spiro atoms. The summed E-state index contributed by atoms with van der Waals surface area (Å²) in [6.45, 7) is 4.70. The summed E-state index contributed by atoms with van der Waals surface area (Å²) >= 11 is 0. The summed E-state index contributed by atoms with van der Waals surface area (Å²) in [5, 5.41) is 0. The van der Waals surface area contributed by atoms with Crippen LogP contribution in [0.4, 0.5) is 5.69 Å². The number of piperazine rings is 1. The first-order valence-corrected chi connectivity index (χ1v) is 7.06. The molecule has 2 rings (SSSR count). The number of anilines is 1. The van der Waals surface area contributed by atoms with Gasteiger partial charge >= 0.3 is 0 Å². The van der Waals surface area contributed by atoms with Crippen LogP contribution >= 0.6 is 0 Å². The summed E-state index contributed by atoms with van der Waals surface area (Å²) in [6, 6.07) is 7.59. The molecular formula is C15H23N3O2. The molecule has 0 bridgehead atoms. The quantitative estimate of drug-likeness (QED) is 0.840. The first-order valence-electron chi connectivity index (χ1n) is 7.06. The normalized spacial score (nSPS) is 19.9. The fourth-order valence-electron chi connectivity index (χ4n) is 2.45. The lowest BCUT2D eigenvalue weighted by Crippen LogP contribution is -2.53. The van der Waals surface area contributed by atoms with Crippen LogP contribution in [0.5, 0.6) is 5.75 Å². The Labute approximate surface area is 120 Å². The van der Waals surface area contributed by atoms with Gasteiger partial charge in [-0.1, -0.05) is 13.0 Å². The summed E-state index contributed by atoms with van der Waals surface area (Å²) in [4.78, 5) is 16.4. The Hall–Kier alpha value is -1.75. The fourth-order valence-corrected chi connectivity index (χ4v) is 2.45. The largest absolute Gasteiger partial charge is 0.484 e. The summed E-state index contributed by atoms with van der Waals surface area (Å²) in [5.41, 5.74) is 6.32. The summed E-state index contributed by atoms with van der Waals surface area (Å²) in [5.74, 6) is 0.679. The molecule has 2 N–H and O–H groups in total. The van der Waals surface area contributed by atoms with E-state index in [0.29, 0.717) is 17.5 Å². The molecule has 5 heteroatoms. The van der Waals surface area contributed by atoms with Gasteiger partial charge in [0.25, 0.3) is 5.91 Å². The van der Waals surface area contributed by atoms with Gasteiger partial charge in [-0.15, -0.1) is 0 Å². The molecule has 1 saturated heterocycles. The van der Waals surface area contributed by atoms with Gasteiger partial charge in [0, 0.05) is 37.4 Å². The van der Waals surface area contributed by atoms with Crippen LogP contribution in [0.1, 0.15) is 13.3 Å². The smallest absolute Gasteiger partial charge is 0.260 e. The number of hydrogen-bond acceptors (Lipinski definition) is 4. The molecule has 0 aliphatic carbocycles. The van der Waals surface area contributed by atoms with Crippen molar-refractivity contribution in [1.82, 2.24) is 9.80 Å². The second-order valence-electron chi connectivity index (χ2n) is 5.24. The number of rotatable bonds is 4. The van der Waals surface area contributed by atoms with Crippen molar-refractivity contribution in [2.24, 2.45) is 0 Å². The lowest BCUT2D eigenvalue weighted by Gasteiger charge is -2.39. The Morgan fingerprint density at radius 2 is 2.25 bits per heavy atom. The van der Waals surface area contributed by atoms with Crippen LogP contribution in [-0.4, -0.2) is 55.0 Å². The molecular weight excluding hydrogens is 254 g/mol. The standard InChI is InChI=1S/C15H23N3O2/c1-3-13-10-18(8-7-17(13)2)15(19)11-20-14-6-4-5-12(16)9-14/h4-6,9,13H,3,7-8,10-11,16H2,1-2H3. The first kappa shape index (κ1) is 14.7. The highest BCUT2D eigenvalue weighted by molar-refractivity contribution is 5.78. The van der Waals surface area contributed by atoms with E-state index in [-0.39, 0.29) is 12.5 Å². The van der Waals surface area contributed by atoms with Crippen LogP contribution in [0.15, 0.2) is 24.3 Å². The van der Waals surface area contributed by atoms with E-state index in [9.17, 15) is 4.79 Å². The summed E-state index contributed by atoms with van der Waals surface area (Å²) < 4.78 is 5.51. The number of hydrogen-bond donors (Lipinski definition) is 1. The van der Waals surface area contributed by atoms with Gasteiger partial charge in [0.05, 0.1) is 0 Å². The van der Waals surface area contributed by atoms with Gasteiger partial charge < -0.3 is 15.4 Å². The topological polar surface area (TPSA) is 58.8 Å². The van der Waals surface area contributed by atoms with E-state index < -0.39 is 0 Å². The van der Waals surface area contributed by atoms with E-state index in [2.05, 4.69) is 18.9 Å². The maximum atomic E-state index is 12.2. The number of carbonyl (C=O) groups is 1. The van der Waals surface area contributed by atoms with Crippen molar-refractivity contribution in [3.05, 3.63) is 24.3 Å². The second-order valence-corrected chi connectivity index (χ2v) is 5.24. The number of amides is 1. The van der Waals surface area contributed by atoms with Crippen molar-refractivity contribution < 1.29 is 9.53 Å². The van der Waals surface area contributed by atoms with E-state index in [1.54, 1.807) is 12.1 Å². The van der Waals surface area contributed by atoms with E-state index in [4.69, 9.17) is 10.5 Å². The van der Waals surface area contributed by atoms with Crippen LogP contribution in [0, 0.1) is 0 Å². The molecule has 110 valence electrons. The van der Waals surface area contributed by atoms with Crippen LogP contribution in [0.25, 0.3) is 0 Å². The molecule has 1 aromatic rings. The van der Waals surface area contributed by atoms with E-state index >= 15 is 0 Å². The minimum absolute atomic E-state index is 0.0407. The summed E-state index contributed by atoms with van der Waals surface area (Å²) in [6.07, 6.45) is 1.05. The molecule has 1 aliphatic heterocycles. The third-order valence-electron chi connectivity index (χ3n) is 3.82. The molecule has 0 saturated carbocycles. The number of nitrogen functional groups attached to an aromatic ring is 1. The highest BCUT2D eigenvalue weighted by atomic mass is 16.5. The molecule has 5 nitrogen and oxygen atoms in total. The molecule has 1 fully saturated rings. The number of nitrogens with two attached hydrogens (primary N) is 1. The van der Waals surface area contributed by atoms with Crippen molar-refractivity contribution in [3.63, 3.8) is 0 Å². The Morgan fingerprint density at radius 1 is 1.45 bits per heavy atom. The van der Waals surface area contributed by atoms with Crippen molar-refractivity contribution in [2.45, 2.75) is 19.4 Å². The van der Waals surface area contributed by atoms with Crippen LogP contribution in [-0.2, 0) is 4.79 Å². The monoisotopic (exact) mass is 277 g/mol. The Balaban J connectivity index is 1.86. The molecule has 1 atom stereocenters. The predicted molar refractivity (Wildman–Crippen MR) is 79.6 cm³/mol. The number of ether oxygens (including phenoxy) is 1. The maximum Gasteiger partial charge on any atom is 0.260 e. The van der Waals surface area contributed by atoms with Gasteiger partial charge in [0.2, 0.25) is 0 Å². The number of carbonyl (C=O) groups excluding carboxylic acids is 1. The SMILES string of the molecule is CCC1CN(C(=O)COc2cccc(N)c2)CCN1C. The number of likely N-dealkylation sites (N-methyl/N-ethyl adjacent to an activating group) is 1. The third kappa shape index (κ3) is 3.63. The zero-order valence-corrected chi connectivity index (χ0v) is 12.2. The number of benzene rings is 1. The predicted octanol–water partition coefficient (Wildman–Crippen LogP) is 1.20. The fraction of sp³-hybridized carbons (Fsp3) is 0.533. The lowest BCUT2D eigenvalue weighted by atomic mass is 10.1. The van der Waals surface area contributed by atoms with E-state index in [1.165, 1.54) is 0 Å². The third-order valence-corrected chi connectivity index (χ3v) is 3.82. The van der Waals surface area contributed by atoms with Gasteiger partial charge in [-0.3, -0.25) is 9.69 Å². The lowest BCUT2D eigenvalue weighted by molar-refractivity contribution is -0.136. The number of nitrogens with zero attached hydrogens (tertiary/aromatic N) is 2. The van der Waals surface area contributed by atoms with E-state index in [0.717, 1.165) is 26.1 Å². The van der Waals surface area contributed by atoms with Crippen molar-refractivity contribution in [2.75, 3.05) is 39.0 Å². The molecule has 1 amide bonds. The molecule has 20 heavy (non-hydrogen) atoms. The molecule has 1 aliphatic rings. The van der Waals surface area contributed by atoms with Crippen LogP contribution < -0.4 is 10.5 Å². The average Bonchev–Trinajstić information content (AvgIpc) is 2.45. The van der Waals surface area contributed by atoms with Crippen molar-refractivity contribution in [3.8, 4) is 5.75 Å². The average molecular weight is 277 g/mol. The van der Waals surface area contributed by atoms with Crippen molar-refractivity contribution in [1.29, 1.82) is 0 Å².